The van der Waals surface area contributed by atoms with Crippen LogP contribution in [0.3, 0.4) is 0 Å². The largest absolute Gasteiger partial charge is 0.366 e. The zero-order valence-electron chi connectivity index (χ0n) is 13.8. The van der Waals surface area contributed by atoms with Gasteiger partial charge >= 0.3 is 0 Å². The van der Waals surface area contributed by atoms with Gasteiger partial charge in [-0.1, -0.05) is 77.7 Å². The minimum Gasteiger partial charge on any atom is -0.366 e. The van der Waals surface area contributed by atoms with E-state index in [0.717, 1.165) is 24.8 Å². The summed E-state index contributed by atoms with van der Waals surface area (Å²) in [6.07, 6.45) is 18.0. The Morgan fingerprint density at radius 1 is 0.800 bits per heavy atom. The third kappa shape index (κ3) is 12.3. The van der Waals surface area contributed by atoms with E-state index in [-0.39, 0.29) is 5.91 Å². The third-order valence-electron chi connectivity index (χ3n) is 3.81. The Morgan fingerprint density at radius 2 is 1.30 bits per heavy atom. The van der Waals surface area contributed by atoms with Gasteiger partial charge in [0.2, 0.25) is 5.91 Å². The highest BCUT2D eigenvalue weighted by Crippen LogP contribution is 2.14. The summed E-state index contributed by atoms with van der Waals surface area (Å²) in [4.78, 5) is 11.4. The summed E-state index contributed by atoms with van der Waals surface area (Å²) >= 11 is 0. The van der Waals surface area contributed by atoms with Gasteiger partial charge < -0.3 is 5.73 Å². The first-order valence-corrected chi connectivity index (χ1v) is 8.71. The molecule has 0 saturated carbocycles. The molecule has 0 aliphatic carbocycles. The normalized spacial score (nSPS) is 11.8. The van der Waals surface area contributed by atoms with E-state index in [1.807, 2.05) is 0 Å². The molecule has 0 fully saturated rings. The van der Waals surface area contributed by atoms with Crippen molar-refractivity contribution in [3.05, 3.63) is 11.6 Å². The lowest BCUT2D eigenvalue weighted by molar-refractivity contribution is -0.114. The minimum atomic E-state index is -0.218. The number of allylic oxidation sites excluding steroid dienone is 1. The van der Waals surface area contributed by atoms with Crippen LogP contribution in [-0.2, 0) is 4.79 Å². The molecule has 0 saturated heterocycles. The second-order valence-corrected chi connectivity index (χ2v) is 5.81. The summed E-state index contributed by atoms with van der Waals surface area (Å²) in [5.74, 6) is -0.218. The number of carbonyl (C=O) groups is 1. The van der Waals surface area contributed by atoms with Crippen molar-refractivity contribution in [1.29, 1.82) is 0 Å². The summed E-state index contributed by atoms with van der Waals surface area (Å²) in [7, 11) is 0. The zero-order chi connectivity index (χ0) is 15.1. The van der Waals surface area contributed by atoms with Gasteiger partial charge in [-0.05, 0) is 25.7 Å². The molecule has 0 aliphatic heterocycles. The van der Waals surface area contributed by atoms with E-state index >= 15 is 0 Å². The average molecular weight is 281 g/mol. The lowest BCUT2D eigenvalue weighted by atomic mass is 10.0. The van der Waals surface area contributed by atoms with Crippen LogP contribution in [0.2, 0.25) is 0 Å². The maximum atomic E-state index is 11.4. The molecule has 0 aromatic carbocycles. The highest BCUT2D eigenvalue weighted by atomic mass is 16.1. The van der Waals surface area contributed by atoms with Crippen LogP contribution in [0.25, 0.3) is 0 Å². The highest BCUT2D eigenvalue weighted by Gasteiger charge is 2.04. The number of rotatable bonds is 14. The van der Waals surface area contributed by atoms with Gasteiger partial charge in [0.25, 0.3) is 0 Å². The van der Waals surface area contributed by atoms with Crippen molar-refractivity contribution in [1.82, 2.24) is 0 Å². The molecule has 2 heteroatoms. The summed E-state index contributed by atoms with van der Waals surface area (Å²) in [5, 5.41) is 0. The van der Waals surface area contributed by atoms with Gasteiger partial charge in [0, 0.05) is 5.57 Å². The van der Waals surface area contributed by atoms with Crippen molar-refractivity contribution >= 4 is 5.91 Å². The minimum absolute atomic E-state index is 0.218. The fraction of sp³-hybridized carbons (Fsp3) is 0.833. The Bertz CT molecular complexity index is 258. The van der Waals surface area contributed by atoms with Crippen LogP contribution >= 0.6 is 0 Å². The molecule has 0 bridgehead atoms. The van der Waals surface area contributed by atoms with Gasteiger partial charge in [-0.2, -0.15) is 0 Å². The molecular formula is C18H35NO. The van der Waals surface area contributed by atoms with Crippen molar-refractivity contribution < 1.29 is 4.79 Å². The molecule has 0 aromatic rings. The van der Waals surface area contributed by atoms with E-state index in [4.69, 9.17) is 5.73 Å². The summed E-state index contributed by atoms with van der Waals surface area (Å²) in [5.41, 5.74) is 6.29. The number of primary amides is 1. The first-order valence-electron chi connectivity index (χ1n) is 8.71. The predicted octanol–water partition coefficient (Wildman–Crippen LogP) is 5.51. The molecule has 0 aliphatic rings. The first kappa shape index (κ1) is 19.2. The van der Waals surface area contributed by atoms with E-state index in [2.05, 4.69) is 19.9 Å². The van der Waals surface area contributed by atoms with E-state index < -0.39 is 0 Å². The van der Waals surface area contributed by atoms with Crippen molar-refractivity contribution in [2.75, 3.05) is 0 Å². The SMILES string of the molecule is CCCCCC=C(CCCCCCCCCC)C(N)=O. The van der Waals surface area contributed by atoms with Crippen LogP contribution in [0.1, 0.15) is 97.3 Å². The fourth-order valence-corrected chi connectivity index (χ4v) is 2.45. The van der Waals surface area contributed by atoms with Crippen molar-refractivity contribution in [2.45, 2.75) is 97.3 Å². The summed E-state index contributed by atoms with van der Waals surface area (Å²) in [6.45, 7) is 4.44. The summed E-state index contributed by atoms with van der Waals surface area (Å²) in [6, 6.07) is 0. The van der Waals surface area contributed by atoms with Crippen LogP contribution in [0.4, 0.5) is 0 Å². The number of nitrogens with two attached hydrogens (primary N) is 1. The molecule has 0 radical (unpaired) electrons. The Labute approximate surface area is 126 Å². The Morgan fingerprint density at radius 3 is 1.85 bits per heavy atom. The molecule has 0 spiro atoms. The lowest BCUT2D eigenvalue weighted by Gasteiger charge is -2.04. The molecule has 2 N–H and O–H groups in total. The quantitative estimate of drug-likeness (QED) is 0.331. The van der Waals surface area contributed by atoms with Gasteiger partial charge in [-0.3, -0.25) is 4.79 Å². The number of unbranched alkanes of at least 4 members (excludes halogenated alkanes) is 10. The van der Waals surface area contributed by atoms with Gasteiger partial charge in [0.1, 0.15) is 0 Å². The van der Waals surface area contributed by atoms with Crippen LogP contribution in [0.5, 0.6) is 0 Å². The Hall–Kier alpha value is -0.790. The molecule has 118 valence electrons. The molecular weight excluding hydrogens is 246 g/mol. The molecule has 0 aromatic heterocycles. The van der Waals surface area contributed by atoms with Gasteiger partial charge in [-0.25, -0.2) is 0 Å². The topological polar surface area (TPSA) is 43.1 Å². The van der Waals surface area contributed by atoms with Crippen molar-refractivity contribution in [2.24, 2.45) is 5.73 Å². The lowest BCUT2D eigenvalue weighted by Crippen LogP contribution is -2.14. The second-order valence-electron chi connectivity index (χ2n) is 5.81. The van der Waals surface area contributed by atoms with E-state index in [0.29, 0.717) is 0 Å². The number of carbonyl (C=O) groups excluding carboxylic acids is 1. The number of hydrogen-bond acceptors (Lipinski definition) is 1. The molecule has 2 nitrogen and oxygen atoms in total. The Kier molecular flexibility index (Phi) is 14.0. The number of amides is 1. The van der Waals surface area contributed by atoms with Crippen molar-refractivity contribution in [3.63, 3.8) is 0 Å². The first-order chi connectivity index (χ1) is 9.72. The molecule has 1 amide bonds. The maximum absolute atomic E-state index is 11.4. The van der Waals surface area contributed by atoms with Crippen LogP contribution in [0, 0.1) is 0 Å². The second kappa shape index (κ2) is 14.6. The van der Waals surface area contributed by atoms with Crippen LogP contribution in [-0.4, -0.2) is 5.91 Å². The van der Waals surface area contributed by atoms with Gasteiger partial charge in [0.05, 0.1) is 0 Å². The van der Waals surface area contributed by atoms with E-state index in [1.54, 1.807) is 0 Å². The van der Waals surface area contributed by atoms with E-state index in [1.165, 1.54) is 64.2 Å². The van der Waals surface area contributed by atoms with Gasteiger partial charge in [0.15, 0.2) is 0 Å². The fourth-order valence-electron chi connectivity index (χ4n) is 2.45. The molecule has 0 atom stereocenters. The summed E-state index contributed by atoms with van der Waals surface area (Å²) < 4.78 is 0. The predicted molar refractivity (Wildman–Crippen MR) is 88.6 cm³/mol. The number of hydrogen-bond donors (Lipinski definition) is 1. The average Bonchev–Trinajstić information content (AvgIpc) is 2.43. The molecule has 0 rings (SSSR count). The Balaban J connectivity index is 3.63. The van der Waals surface area contributed by atoms with Gasteiger partial charge in [-0.15, -0.1) is 0 Å². The smallest absolute Gasteiger partial charge is 0.244 e. The van der Waals surface area contributed by atoms with Crippen LogP contribution in [0.15, 0.2) is 11.6 Å². The van der Waals surface area contributed by atoms with Crippen molar-refractivity contribution in [3.8, 4) is 0 Å². The van der Waals surface area contributed by atoms with Crippen LogP contribution < -0.4 is 5.73 Å². The monoisotopic (exact) mass is 281 g/mol. The molecule has 0 heterocycles. The molecule has 0 unspecified atom stereocenters. The van der Waals surface area contributed by atoms with E-state index in [9.17, 15) is 4.79 Å². The maximum Gasteiger partial charge on any atom is 0.244 e. The highest BCUT2D eigenvalue weighted by molar-refractivity contribution is 5.91. The zero-order valence-corrected chi connectivity index (χ0v) is 13.8. The molecule has 20 heavy (non-hydrogen) atoms. The standard InChI is InChI=1S/C18H35NO/c1-3-5-7-9-10-11-12-14-16-17(18(19)20)15-13-8-6-4-2/h15H,3-14,16H2,1-2H3,(H2,19,20). The third-order valence-corrected chi connectivity index (χ3v) is 3.81.